The first kappa shape index (κ1) is 18.5. The molecule has 0 saturated carbocycles. The fraction of sp³-hybridized carbons (Fsp3) is 0. The van der Waals surface area contributed by atoms with E-state index >= 15 is 0 Å². The van der Waals surface area contributed by atoms with Crippen molar-refractivity contribution >= 4 is 11.0 Å². The summed E-state index contributed by atoms with van der Waals surface area (Å²) in [5.74, 6) is 0. The van der Waals surface area contributed by atoms with Crippen LogP contribution >= 0.6 is 0 Å². The molecule has 0 aromatic rings. The molecule has 0 heterocycles. The van der Waals surface area contributed by atoms with Crippen molar-refractivity contribution in [2.24, 2.45) is 0 Å². The van der Waals surface area contributed by atoms with Crippen LogP contribution in [0.1, 0.15) is 0 Å². The van der Waals surface area contributed by atoms with Crippen LogP contribution in [0, 0.1) is 10.6 Å². The topological polar surface area (TPSA) is 51.2 Å². The van der Waals surface area contributed by atoms with Gasteiger partial charge in [-0.2, -0.15) is 0 Å². The van der Waals surface area contributed by atoms with Gasteiger partial charge in [-0.1, -0.05) is 0 Å². The Labute approximate surface area is 52.8 Å². The van der Waals surface area contributed by atoms with Crippen LogP contribution in [-0.4, -0.2) is 11.0 Å². The Bertz CT molecular complexity index is 31.1. The van der Waals surface area contributed by atoms with E-state index in [2.05, 4.69) is 0 Å². The van der Waals surface area contributed by atoms with Crippen molar-refractivity contribution in [3.05, 3.63) is 10.3 Å². The molecule has 0 fully saturated rings. The monoisotopic (exact) mass is 252 g/mol. The molecule has 0 unspecified atom stereocenters. The third kappa shape index (κ3) is 243. The van der Waals surface area contributed by atoms with Gasteiger partial charge in [-0.3, -0.25) is 0 Å². The summed E-state index contributed by atoms with van der Waals surface area (Å²) in [6.07, 6.45) is 0. The fourth-order valence-corrected chi connectivity index (χ4v) is 0. The molecular formula is HfN2OSi. The minimum atomic E-state index is 0. The number of hydrogen-bond donors (Lipinski definition) is 0. The van der Waals surface area contributed by atoms with Gasteiger partial charge in [0.25, 0.3) is 0 Å². The van der Waals surface area contributed by atoms with E-state index in [4.69, 9.17) is 10.6 Å². The van der Waals surface area contributed by atoms with Crippen LogP contribution in [0.3, 0.4) is 0 Å². The van der Waals surface area contributed by atoms with Crippen LogP contribution in [0.2, 0.25) is 0 Å². The largest absolute Gasteiger partial charge is 0.463 e. The fourth-order valence-electron chi connectivity index (χ4n) is 0. The summed E-state index contributed by atoms with van der Waals surface area (Å²) in [4.78, 5) is 0. The van der Waals surface area contributed by atoms with Gasteiger partial charge in [0.2, 0.25) is 10.5 Å². The van der Waals surface area contributed by atoms with Crippen LogP contribution in [0.25, 0.3) is 5.14 Å². The first-order valence-corrected chi connectivity index (χ1v) is 0.383. The van der Waals surface area contributed by atoms with E-state index in [1.165, 1.54) is 5.14 Å². The smallest absolute Gasteiger partial charge is 0.237 e. The van der Waals surface area contributed by atoms with E-state index in [-0.39, 0.29) is 36.8 Å². The molecule has 0 atom stereocenters. The maximum Gasteiger partial charge on any atom is 0.237 e. The van der Waals surface area contributed by atoms with Gasteiger partial charge in [-0.15, -0.1) is 0 Å². The second-order valence-corrected chi connectivity index (χ2v) is 0.0816. The predicted octanol–water partition coefficient (Wildman–Crippen LogP) is -0.0460. The quantitative estimate of drug-likeness (QED) is 0.344. The maximum atomic E-state index is 8.11. The third-order valence-electron chi connectivity index (χ3n) is 0. The van der Waals surface area contributed by atoms with E-state index in [9.17, 15) is 0 Å². The standard InChI is InChI=1S/Hf.N2O.Si/c;1-2-3;. The molecule has 0 aromatic heterocycles. The van der Waals surface area contributed by atoms with E-state index in [1.54, 1.807) is 0 Å². The normalized spacial score (nSPS) is 1.40. The molecule has 0 aromatic carbocycles. The number of diazo groups is 1. The van der Waals surface area contributed by atoms with Gasteiger partial charge in [0.05, 0.1) is 0 Å². The van der Waals surface area contributed by atoms with Crippen molar-refractivity contribution in [3.63, 3.8) is 0 Å². The van der Waals surface area contributed by atoms with Gasteiger partial charge < -0.3 is 5.21 Å². The summed E-state index contributed by atoms with van der Waals surface area (Å²) in [7, 11) is 0. The molecule has 0 spiro atoms. The summed E-state index contributed by atoms with van der Waals surface area (Å²) in [6.45, 7) is 0. The van der Waals surface area contributed by atoms with Gasteiger partial charge in [-0.05, 0) is 0 Å². The molecule has 0 rings (SSSR count). The average molecular weight is 251 g/mol. The van der Waals surface area contributed by atoms with Crippen molar-refractivity contribution in [2.75, 3.05) is 0 Å². The van der Waals surface area contributed by atoms with Crippen LogP contribution < -0.4 is 0 Å². The van der Waals surface area contributed by atoms with Gasteiger partial charge in [0.15, 0.2) is 0 Å². The Balaban J connectivity index is -0.0000000200. The minimum absolute atomic E-state index is 0. The van der Waals surface area contributed by atoms with Crippen LogP contribution in [-0.2, 0) is 25.8 Å². The first-order valence-electron chi connectivity index (χ1n) is 0.383. The minimum Gasteiger partial charge on any atom is -0.463 e. The molecule has 4 radical (unpaired) electrons. The van der Waals surface area contributed by atoms with Gasteiger partial charge in [-0.25, -0.2) is 0 Å². The zero-order valence-electron chi connectivity index (χ0n) is 2.30. The van der Waals surface area contributed by atoms with Gasteiger partial charge in [0.1, 0.15) is 0 Å². The van der Waals surface area contributed by atoms with E-state index < -0.39 is 0 Å². The Morgan fingerprint density at radius 1 is 1.60 bits per heavy atom. The summed E-state index contributed by atoms with van der Waals surface area (Å²) < 4.78 is 0. The molecule has 5 heavy (non-hydrogen) atoms. The Morgan fingerprint density at radius 2 is 1.60 bits per heavy atom. The molecule has 0 aliphatic heterocycles. The molecule has 0 N–H and O–H groups in total. The van der Waals surface area contributed by atoms with E-state index in [0.717, 1.165) is 0 Å². The van der Waals surface area contributed by atoms with Gasteiger partial charge >= 0.3 is 0 Å². The van der Waals surface area contributed by atoms with Crippen LogP contribution in [0.4, 0.5) is 0 Å². The zero-order chi connectivity index (χ0) is 2.71. The molecule has 5 heteroatoms. The van der Waals surface area contributed by atoms with Gasteiger partial charge in [0, 0.05) is 36.8 Å². The molecule has 24 valence electrons. The molecule has 0 aliphatic carbocycles. The SMILES string of the molecule is N#[N+][O-].[Hf].[Si]. The predicted molar refractivity (Wildman–Crippen MR) is 14.2 cm³/mol. The number of rotatable bonds is 0. The number of nitrogens with zero attached hydrogens (tertiary/aromatic N) is 2. The Kier molecular flexibility index (Phi) is 102. The second kappa shape index (κ2) is 27.6. The third-order valence-corrected chi connectivity index (χ3v) is 0. The Hall–Kier alpha value is 0.307. The van der Waals surface area contributed by atoms with Crippen LogP contribution in [0.5, 0.6) is 0 Å². The van der Waals surface area contributed by atoms with Crippen molar-refractivity contribution in [1.82, 2.24) is 0 Å². The van der Waals surface area contributed by atoms with Crippen LogP contribution in [0.15, 0.2) is 0 Å². The first-order chi connectivity index (χ1) is 1.41. The van der Waals surface area contributed by atoms with Crippen molar-refractivity contribution in [1.29, 1.82) is 5.39 Å². The van der Waals surface area contributed by atoms with E-state index in [0.29, 0.717) is 0 Å². The molecule has 0 amide bonds. The summed E-state index contributed by atoms with van der Waals surface area (Å²) in [6, 6.07) is 0. The van der Waals surface area contributed by atoms with E-state index in [1.807, 2.05) is 0 Å². The Morgan fingerprint density at radius 3 is 1.60 bits per heavy atom. The summed E-state index contributed by atoms with van der Waals surface area (Å²) in [5, 5.41) is 16.0. The molecular weight excluding hydrogens is 251 g/mol. The van der Waals surface area contributed by atoms with Crippen molar-refractivity contribution in [3.8, 4) is 0 Å². The summed E-state index contributed by atoms with van der Waals surface area (Å²) >= 11 is 0. The average Bonchev–Trinajstić information content (AvgIpc) is 0.918. The zero-order valence-corrected chi connectivity index (χ0v) is 6.90. The summed E-state index contributed by atoms with van der Waals surface area (Å²) in [5.41, 5.74) is 0. The van der Waals surface area contributed by atoms with Crippen molar-refractivity contribution in [2.45, 2.75) is 0 Å². The molecule has 0 bridgehead atoms. The molecule has 3 nitrogen and oxygen atoms in total. The van der Waals surface area contributed by atoms with Crippen molar-refractivity contribution < 1.29 is 25.8 Å². The molecule has 0 saturated heterocycles. The second-order valence-electron chi connectivity index (χ2n) is 0.0816. The molecule has 0 aliphatic rings. The number of hydrogen-bond acceptors (Lipinski definition) is 2. The maximum absolute atomic E-state index is 8.11.